The maximum atomic E-state index is 11.7. The van der Waals surface area contributed by atoms with Crippen molar-refractivity contribution < 1.29 is 20.1 Å². The van der Waals surface area contributed by atoms with E-state index in [0.717, 1.165) is 44.9 Å². The van der Waals surface area contributed by atoms with E-state index in [4.69, 9.17) is 0 Å². The Labute approximate surface area is 176 Å². The molecule has 3 N–H and O–H groups in total. The topological polar surface area (TPSA) is 77.8 Å². The largest absolute Gasteiger partial charge is 0.481 e. The molecule has 166 valence electrons. The van der Waals surface area contributed by atoms with E-state index in [1.54, 1.807) is 0 Å². The van der Waals surface area contributed by atoms with Gasteiger partial charge in [0, 0.05) is 6.42 Å². The molecule has 0 aromatic heterocycles. The van der Waals surface area contributed by atoms with Crippen LogP contribution in [0.25, 0.3) is 0 Å². The first-order chi connectivity index (χ1) is 13.6. The molecule has 4 fully saturated rings. The molecule has 4 aliphatic carbocycles. The van der Waals surface area contributed by atoms with E-state index in [9.17, 15) is 20.1 Å². The Hall–Kier alpha value is -0.610. The summed E-state index contributed by atoms with van der Waals surface area (Å²) >= 11 is 0. The molecule has 4 heteroatoms. The summed E-state index contributed by atoms with van der Waals surface area (Å²) in [6.07, 6.45) is 8.21. The van der Waals surface area contributed by atoms with Gasteiger partial charge >= 0.3 is 5.97 Å². The highest BCUT2D eigenvalue weighted by molar-refractivity contribution is 5.67. The van der Waals surface area contributed by atoms with E-state index in [1.807, 2.05) is 0 Å². The van der Waals surface area contributed by atoms with Crippen molar-refractivity contribution in [2.75, 3.05) is 0 Å². The van der Waals surface area contributed by atoms with Crippen molar-refractivity contribution >= 4 is 5.97 Å². The van der Waals surface area contributed by atoms with E-state index in [-0.39, 0.29) is 41.3 Å². The standard InChI is InChI=1S/C25H42O4/c1-5-16-20-13-15(26)8-10-25(20,4)19-9-11-24(3)17(14(2)12-21(27)28)6-7-18(24)22(19)23(16)29/h14-20,22-23,26,29H,5-13H2,1-4H3,(H,27,28)/t14-,15-,16-,17-,18?,19?,20+,22?,23-,24-,25-/m1/s1. The van der Waals surface area contributed by atoms with Gasteiger partial charge in [-0.1, -0.05) is 34.1 Å². The molecular formula is C25H42O4. The summed E-state index contributed by atoms with van der Waals surface area (Å²) in [4.78, 5) is 11.4. The molecule has 4 saturated carbocycles. The summed E-state index contributed by atoms with van der Waals surface area (Å²) in [6, 6.07) is 0. The lowest BCUT2D eigenvalue weighted by molar-refractivity contribution is -0.203. The molecule has 0 amide bonds. The number of hydrogen-bond acceptors (Lipinski definition) is 3. The Kier molecular flexibility index (Phi) is 5.60. The Morgan fingerprint density at radius 2 is 1.66 bits per heavy atom. The quantitative estimate of drug-likeness (QED) is 0.631. The van der Waals surface area contributed by atoms with E-state index in [1.165, 1.54) is 6.42 Å². The average Bonchev–Trinajstić information content (AvgIpc) is 3.00. The Balaban J connectivity index is 1.66. The van der Waals surface area contributed by atoms with Crippen LogP contribution in [0.2, 0.25) is 0 Å². The summed E-state index contributed by atoms with van der Waals surface area (Å²) in [5, 5.41) is 31.4. The summed E-state index contributed by atoms with van der Waals surface area (Å²) < 4.78 is 0. The monoisotopic (exact) mass is 406 g/mol. The van der Waals surface area contributed by atoms with Crippen molar-refractivity contribution in [2.24, 2.45) is 52.3 Å². The smallest absolute Gasteiger partial charge is 0.303 e. The Morgan fingerprint density at radius 1 is 1.00 bits per heavy atom. The summed E-state index contributed by atoms with van der Waals surface area (Å²) in [5.41, 5.74) is 0.391. The fourth-order valence-electron chi connectivity index (χ4n) is 9.35. The molecule has 0 aromatic rings. The molecule has 4 aliphatic rings. The fraction of sp³-hybridized carbons (Fsp3) is 0.960. The van der Waals surface area contributed by atoms with Gasteiger partial charge < -0.3 is 15.3 Å². The third-order valence-corrected chi connectivity index (χ3v) is 10.6. The number of carboxylic acids is 1. The fourth-order valence-corrected chi connectivity index (χ4v) is 9.35. The van der Waals surface area contributed by atoms with Crippen LogP contribution in [0.15, 0.2) is 0 Å². The number of carboxylic acid groups (broad SMARTS) is 1. The van der Waals surface area contributed by atoms with Gasteiger partial charge in [-0.05, 0) is 97.2 Å². The first-order valence-corrected chi connectivity index (χ1v) is 12.2. The van der Waals surface area contributed by atoms with Gasteiger partial charge in [-0.15, -0.1) is 0 Å². The minimum Gasteiger partial charge on any atom is -0.481 e. The second-order valence-corrected chi connectivity index (χ2v) is 11.7. The zero-order valence-corrected chi connectivity index (χ0v) is 18.8. The van der Waals surface area contributed by atoms with Gasteiger partial charge in [-0.3, -0.25) is 4.79 Å². The van der Waals surface area contributed by atoms with Crippen molar-refractivity contribution in [1.29, 1.82) is 0 Å². The predicted octanol–water partition coefficient (Wildman–Crippen LogP) is 4.72. The second-order valence-electron chi connectivity index (χ2n) is 11.7. The average molecular weight is 407 g/mol. The van der Waals surface area contributed by atoms with Crippen LogP contribution in [-0.4, -0.2) is 33.5 Å². The lowest BCUT2D eigenvalue weighted by Gasteiger charge is -2.64. The number of aliphatic carboxylic acids is 1. The molecule has 3 unspecified atom stereocenters. The molecule has 0 radical (unpaired) electrons. The Bertz CT molecular complexity index is 634. The van der Waals surface area contributed by atoms with Crippen LogP contribution in [-0.2, 0) is 4.79 Å². The number of aliphatic hydroxyl groups excluding tert-OH is 2. The maximum absolute atomic E-state index is 11.7. The first kappa shape index (κ1) is 21.6. The maximum Gasteiger partial charge on any atom is 0.303 e. The predicted molar refractivity (Wildman–Crippen MR) is 113 cm³/mol. The normalized spacial score (nSPS) is 52.9. The van der Waals surface area contributed by atoms with Gasteiger partial charge in [0.25, 0.3) is 0 Å². The van der Waals surface area contributed by atoms with Gasteiger partial charge in [0.05, 0.1) is 12.2 Å². The van der Waals surface area contributed by atoms with Gasteiger partial charge in [0.1, 0.15) is 0 Å². The zero-order chi connectivity index (χ0) is 21.1. The highest BCUT2D eigenvalue weighted by Gasteiger charge is 2.64. The van der Waals surface area contributed by atoms with Crippen LogP contribution in [0.3, 0.4) is 0 Å². The molecule has 0 aliphatic heterocycles. The van der Waals surface area contributed by atoms with Crippen molar-refractivity contribution in [3.05, 3.63) is 0 Å². The lowest BCUT2D eigenvalue weighted by Crippen LogP contribution is -2.62. The molecule has 0 bridgehead atoms. The van der Waals surface area contributed by atoms with E-state index in [2.05, 4.69) is 27.7 Å². The van der Waals surface area contributed by atoms with E-state index >= 15 is 0 Å². The third kappa shape index (κ3) is 3.19. The summed E-state index contributed by atoms with van der Waals surface area (Å²) in [5.74, 6) is 2.09. The van der Waals surface area contributed by atoms with E-state index < -0.39 is 5.97 Å². The minimum atomic E-state index is -0.682. The Morgan fingerprint density at radius 3 is 2.31 bits per heavy atom. The van der Waals surface area contributed by atoms with Gasteiger partial charge in [-0.2, -0.15) is 0 Å². The van der Waals surface area contributed by atoms with Crippen LogP contribution in [0, 0.1) is 52.3 Å². The second kappa shape index (κ2) is 7.51. The number of rotatable bonds is 4. The molecule has 0 heterocycles. The molecule has 0 aromatic carbocycles. The third-order valence-electron chi connectivity index (χ3n) is 10.6. The highest BCUT2D eigenvalue weighted by atomic mass is 16.4. The van der Waals surface area contributed by atoms with Crippen LogP contribution < -0.4 is 0 Å². The first-order valence-electron chi connectivity index (χ1n) is 12.2. The van der Waals surface area contributed by atoms with Crippen LogP contribution in [0.1, 0.15) is 85.5 Å². The van der Waals surface area contributed by atoms with Crippen molar-refractivity contribution in [3.63, 3.8) is 0 Å². The van der Waals surface area contributed by atoms with E-state index in [0.29, 0.717) is 29.6 Å². The summed E-state index contributed by atoms with van der Waals surface area (Å²) in [6.45, 7) is 9.23. The van der Waals surface area contributed by atoms with Crippen molar-refractivity contribution in [3.8, 4) is 0 Å². The van der Waals surface area contributed by atoms with Gasteiger partial charge in [-0.25, -0.2) is 0 Å². The van der Waals surface area contributed by atoms with Crippen molar-refractivity contribution in [2.45, 2.75) is 97.7 Å². The number of fused-ring (bicyclic) bond motifs is 5. The molecule has 29 heavy (non-hydrogen) atoms. The summed E-state index contributed by atoms with van der Waals surface area (Å²) in [7, 11) is 0. The molecule has 11 atom stereocenters. The SMILES string of the molecule is CC[C@H]1[C@@H](O)C2C3CC[C@H]([C@H](C)CC(=O)O)[C@@]3(C)CCC2[C@@]2(C)CC[C@@H](O)C[C@@H]12. The molecule has 0 spiro atoms. The number of aliphatic hydroxyl groups is 2. The molecule has 4 nitrogen and oxygen atoms in total. The number of hydrogen-bond donors (Lipinski definition) is 3. The molecule has 0 saturated heterocycles. The van der Waals surface area contributed by atoms with Crippen LogP contribution in [0.4, 0.5) is 0 Å². The lowest BCUT2D eigenvalue weighted by atomic mass is 9.41. The van der Waals surface area contributed by atoms with Gasteiger partial charge in [0.2, 0.25) is 0 Å². The van der Waals surface area contributed by atoms with Gasteiger partial charge in [0.15, 0.2) is 0 Å². The van der Waals surface area contributed by atoms with Crippen LogP contribution in [0.5, 0.6) is 0 Å². The minimum absolute atomic E-state index is 0.159. The van der Waals surface area contributed by atoms with Crippen molar-refractivity contribution in [1.82, 2.24) is 0 Å². The number of carbonyl (C=O) groups is 1. The molecule has 4 rings (SSSR count). The molecular weight excluding hydrogens is 364 g/mol. The van der Waals surface area contributed by atoms with Crippen LogP contribution >= 0.6 is 0 Å². The zero-order valence-electron chi connectivity index (χ0n) is 18.8. The highest BCUT2D eigenvalue weighted by Crippen LogP contribution is 2.69.